The lowest BCUT2D eigenvalue weighted by Gasteiger charge is -2.35. The molecule has 0 saturated carbocycles. The minimum Gasteiger partial charge on any atom is -0.343 e. The van der Waals surface area contributed by atoms with E-state index in [4.69, 9.17) is 5.73 Å². The van der Waals surface area contributed by atoms with Gasteiger partial charge in [-0.2, -0.15) is 0 Å². The molecule has 0 spiro atoms. The lowest BCUT2D eigenvalue weighted by atomic mass is 9.71. The van der Waals surface area contributed by atoms with Gasteiger partial charge in [-0.15, -0.1) is 11.3 Å². The second kappa shape index (κ2) is 11.1. The molecule has 4 N–H and O–H groups in total. The Hall–Kier alpha value is -3.88. The minimum atomic E-state index is -0.328. The number of carbonyl (C=O) groups is 2. The van der Waals surface area contributed by atoms with Gasteiger partial charge in [0.2, 0.25) is 5.91 Å². The van der Waals surface area contributed by atoms with E-state index in [2.05, 4.69) is 51.8 Å². The standard InChI is InChI=1S/C31H33N5O2S/c1-19-12-25(13-20(2)34-19)22-6-4-7-23(14-22)27-17-39-30(35-27)36-28(37)16-33-29(38)24-10-9-21-8-5-11-31(3,18-32)26(21)15-24/h4,6-7,9-10,12-15,17H,5,8,11,16,18,32H2,1-3H3,(H,33,38)(H,35,36,37). The van der Waals surface area contributed by atoms with Crippen LogP contribution in [-0.2, 0) is 16.6 Å². The maximum absolute atomic E-state index is 12.8. The van der Waals surface area contributed by atoms with Gasteiger partial charge < -0.3 is 16.4 Å². The summed E-state index contributed by atoms with van der Waals surface area (Å²) >= 11 is 1.35. The van der Waals surface area contributed by atoms with Crippen molar-refractivity contribution in [1.29, 1.82) is 0 Å². The van der Waals surface area contributed by atoms with Gasteiger partial charge in [0.25, 0.3) is 5.91 Å². The summed E-state index contributed by atoms with van der Waals surface area (Å²) in [5.74, 6) is -0.610. The van der Waals surface area contributed by atoms with Crippen LogP contribution in [-0.4, -0.2) is 34.9 Å². The SMILES string of the molecule is Cc1cc(-c2cccc(-c3csc(NC(=O)CNC(=O)c4ccc5c(c4)C(C)(CN)CCC5)n3)c2)cc(C)n1. The highest BCUT2D eigenvalue weighted by Gasteiger charge is 2.31. The van der Waals surface area contributed by atoms with Crippen LogP contribution in [0.15, 0.2) is 60.0 Å². The fourth-order valence-corrected chi connectivity index (χ4v) is 6.00. The number of carbonyl (C=O) groups excluding carboxylic acids is 2. The second-order valence-electron chi connectivity index (χ2n) is 10.5. The van der Waals surface area contributed by atoms with Crippen LogP contribution in [0.2, 0.25) is 0 Å². The Morgan fingerprint density at radius 3 is 2.54 bits per heavy atom. The predicted octanol–water partition coefficient (Wildman–Crippen LogP) is 5.41. The van der Waals surface area contributed by atoms with Crippen LogP contribution in [0.3, 0.4) is 0 Å². The predicted molar refractivity (Wildman–Crippen MR) is 157 cm³/mol. The summed E-state index contributed by atoms with van der Waals surface area (Å²) in [6, 6.07) is 18.0. The number of nitrogens with two attached hydrogens (primary N) is 1. The first kappa shape index (κ1) is 26.7. The molecule has 0 radical (unpaired) electrons. The first-order valence-electron chi connectivity index (χ1n) is 13.2. The van der Waals surface area contributed by atoms with Gasteiger partial charge in [-0.05, 0) is 85.7 Å². The third-order valence-electron chi connectivity index (χ3n) is 7.38. The third-order valence-corrected chi connectivity index (χ3v) is 8.14. The molecule has 8 heteroatoms. The second-order valence-corrected chi connectivity index (χ2v) is 11.3. The largest absolute Gasteiger partial charge is 0.343 e. The van der Waals surface area contributed by atoms with Crippen LogP contribution >= 0.6 is 11.3 Å². The molecule has 39 heavy (non-hydrogen) atoms. The molecule has 2 amide bonds. The lowest BCUT2D eigenvalue weighted by molar-refractivity contribution is -0.115. The molecule has 5 rings (SSSR count). The van der Waals surface area contributed by atoms with E-state index in [0.717, 1.165) is 58.6 Å². The Morgan fingerprint density at radius 2 is 1.77 bits per heavy atom. The first-order valence-corrected chi connectivity index (χ1v) is 14.1. The molecule has 1 aliphatic carbocycles. The summed E-state index contributed by atoms with van der Waals surface area (Å²) in [6.07, 6.45) is 3.10. The number of hydrogen-bond acceptors (Lipinski definition) is 6. The van der Waals surface area contributed by atoms with Crippen molar-refractivity contribution in [3.63, 3.8) is 0 Å². The number of aryl methyl sites for hydroxylation is 3. The zero-order valence-electron chi connectivity index (χ0n) is 22.5. The highest BCUT2D eigenvalue weighted by Crippen LogP contribution is 2.37. The maximum Gasteiger partial charge on any atom is 0.251 e. The number of benzene rings is 2. The molecule has 2 heterocycles. The van der Waals surface area contributed by atoms with E-state index in [-0.39, 0.29) is 23.8 Å². The average Bonchev–Trinajstić information content (AvgIpc) is 3.40. The van der Waals surface area contributed by atoms with E-state index in [1.54, 1.807) is 0 Å². The Morgan fingerprint density at radius 1 is 1.00 bits per heavy atom. The molecule has 7 nitrogen and oxygen atoms in total. The number of hydrogen-bond donors (Lipinski definition) is 3. The van der Waals surface area contributed by atoms with E-state index in [9.17, 15) is 9.59 Å². The molecule has 0 fully saturated rings. The average molecular weight is 540 g/mol. The van der Waals surface area contributed by atoms with Crippen LogP contribution in [0.25, 0.3) is 22.4 Å². The summed E-state index contributed by atoms with van der Waals surface area (Å²) < 4.78 is 0. The summed E-state index contributed by atoms with van der Waals surface area (Å²) in [5, 5.41) is 7.93. The number of aromatic nitrogens is 2. The van der Waals surface area contributed by atoms with Gasteiger partial charge >= 0.3 is 0 Å². The molecular weight excluding hydrogens is 506 g/mol. The number of thiazole rings is 1. The molecule has 4 aromatic rings. The number of rotatable bonds is 7. The summed E-state index contributed by atoms with van der Waals surface area (Å²) in [5.41, 5.74) is 14.7. The number of amides is 2. The zero-order valence-corrected chi connectivity index (χ0v) is 23.3. The molecule has 200 valence electrons. The fourth-order valence-electron chi connectivity index (χ4n) is 5.26. The van der Waals surface area contributed by atoms with Crippen molar-refractivity contribution in [3.8, 4) is 22.4 Å². The van der Waals surface area contributed by atoms with Crippen molar-refractivity contribution in [1.82, 2.24) is 15.3 Å². The van der Waals surface area contributed by atoms with Gasteiger partial charge in [0.15, 0.2) is 5.13 Å². The Kier molecular flexibility index (Phi) is 7.59. The molecule has 0 aliphatic heterocycles. The van der Waals surface area contributed by atoms with Crippen LogP contribution in [0.5, 0.6) is 0 Å². The summed E-state index contributed by atoms with van der Waals surface area (Å²) in [7, 11) is 0. The number of nitrogens with one attached hydrogen (secondary N) is 2. The van der Waals surface area contributed by atoms with Gasteiger partial charge in [0.05, 0.1) is 12.2 Å². The fraction of sp³-hybridized carbons (Fsp3) is 0.290. The van der Waals surface area contributed by atoms with Crippen molar-refractivity contribution in [2.75, 3.05) is 18.4 Å². The maximum atomic E-state index is 12.8. The molecule has 1 unspecified atom stereocenters. The van der Waals surface area contributed by atoms with E-state index in [0.29, 0.717) is 17.2 Å². The lowest BCUT2D eigenvalue weighted by Crippen LogP contribution is -2.36. The Balaban J connectivity index is 1.22. The molecule has 2 aromatic heterocycles. The molecule has 1 aliphatic rings. The first-order chi connectivity index (χ1) is 18.7. The van der Waals surface area contributed by atoms with E-state index in [1.807, 2.05) is 49.6 Å². The number of fused-ring (bicyclic) bond motifs is 1. The number of anilines is 1. The van der Waals surface area contributed by atoms with Crippen molar-refractivity contribution >= 4 is 28.3 Å². The molecule has 0 saturated heterocycles. The normalized spacial score (nSPS) is 16.4. The van der Waals surface area contributed by atoms with E-state index >= 15 is 0 Å². The van der Waals surface area contributed by atoms with Gasteiger partial charge in [-0.1, -0.05) is 31.2 Å². The number of pyridine rings is 1. The van der Waals surface area contributed by atoms with E-state index in [1.165, 1.54) is 16.9 Å². The van der Waals surface area contributed by atoms with Gasteiger partial charge in [0.1, 0.15) is 0 Å². The highest BCUT2D eigenvalue weighted by atomic mass is 32.1. The van der Waals surface area contributed by atoms with Crippen LogP contribution in [0, 0.1) is 13.8 Å². The van der Waals surface area contributed by atoms with Crippen LogP contribution < -0.4 is 16.4 Å². The van der Waals surface area contributed by atoms with Gasteiger partial charge in [-0.25, -0.2) is 4.98 Å². The molecule has 1 atom stereocenters. The third kappa shape index (κ3) is 5.92. The Labute approximate surface area is 232 Å². The van der Waals surface area contributed by atoms with E-state index < -0.39 is 0 Å². The monoisotopic (exact) mass is 539 g/mol. The zero-order chi connectivity index (χ0) is 27.6. The molecular formula is C31H33N5O2S. The highest BCUT2D eigenvalue weighted by molar-refractivity contribution is 7.14. The Bertz CT molecular complexity index is 1530. The van der Waals surface area contributed by atoms with Crippen molar-refractivity contribution in [2.24, 2.45) is 5.73 Å². The van der Waals surface area contributed by atoms with Crippen molar-refractivity contribution < 1.29 is 9.59 Å². The number of nitrogens with zero attached hydrogens (tertiary/aromatic N) is 2. The molecule has 2 aromatic carbocycles. The van der Waals surface area contributed by atoms with Gasteiger partial charge in [-0.3, -0.25) is 14.6 Å². The smallest absolute Gasteiger partial charge is 0.251 e. The minimum absolute atomic E-state index is 0.125. The van der Waals surface area contributed by atoms with Crippen LogP contribution in [0.4, 0.5) is 5.13 Å². The topological polar surface area (TPSA) is 110 Å². The van der Waals surface area contributed by atoms with Crippen LogP contribution in [0.1, 0.15) is 52.6 Å². The van der Waals surface area contributed by atoms with Gasteiger partial charge in [0, 0.05) is 39.9 Å². The van der Waals surface area contributed by atoms with Crippen molar-refractivity contribution in [2.45, 2.75) is 45.4 Å². The molecule has 0 bridgehead atoms. The van der Waals surface area contributed by atoms with Crippen molar-refractivity contribution in [3.05, 3.63) is 88.1 Å². The summed E-state index contributed by atoms with van der Waals surface area (Å²) in [4.78, 5) is 34.5. The summed E-state index contributed by atoms with van der Waals surface area (Å²) in [6.45, 7) is 6.52. The quantitative estimate of drug-likeness (QED) is 0.291.